The lowest BCUT2D eigenvalue weighted by Crippen LogP contribution is -1.77. The number of aliphatic imine (C=N–C) groups is 1. The summed E-state index contributed by atoms with van der Waals surface area (Å²) in [7, 11) is 0. The first-order chi connectivity index (χ1) is 2.89. The molecule has 1 aliphatic heterocycles. The second-order valence-electron chi connectivity index (χ2n) is 0.704. The van der Waals surface area contributed by atoms with Crippen LogP contribution in [0.15, 0.2) is 4.99 Å². The maximum atomic E-state index is 9.94. The molecule has 0 aromatic rings. The molecule has 0 bridgehead atoms. The summed E-state index contributed by atoms with van der Waals surface area (Å²) < 4.78 is 0. The molecule has 1 rings (SSSR count). The van der Waals surface area contributed by atoms with E-state index in [0.717, 1.165) is 11.8 Å². The Morgan fingerprint density at radius 3 is 2.83 bits per heavy atom. The molecule has 0 saturated heterocycles. The first kappa shape index (κ1) is 3.87. The van der Waals surface area contributed by atoms with Crippen molar-refractivity contribution in [1.29, 1.82) is 0 Å². The van der Waals surface area contributed by atoms with Gasteiger partial charge < -0.3 is 0 Å². The zero-order valence-electron chi connectivity index (χ0n) is 2.76. The van der Waals surface area contributed by atoms with Crippen molar-refractivity contribution < 1.29 is 4.79 Å². The summed E-state index contributed by atoms with van der Waals surface area (Å²) in [6, 6.07) is 0. The van der Waals surface area contributed by atoms with Gasteiger partial charge in [-0.05, 0) is 11.8 Å². The van der Waals surface area contributed by atoms with E-state index in [-0.39, 0.29) is 5.12 Å². The molecule has 0 unspecified atom stereocenters. The Hall–Kier alpha value is -0.310. The van der Waals surface area contributed by atoms with Gasteiger partial charge >= 0.3 is 0 Å². The van der Waals surface area contributed by atoms with Crippen molar-refractivity contribution in [2.24, 2.45) is 4.99 Å². The Bertz CT molecular complexity index is 89.0. The predicted octanol–water partition coefficient (Wildman–Crippen LogP) is 0.204. The Morgan fingerprint density at radius 1 is 1.83 bits per heavy atom. The van der Waals surface area contributed by atoms with Crippen molar-refractivity contribution in [2.45, 2.75) is 0 Å². The molecule has 0 spiro atoms. The minimum absolute atomic E-state index is 0.157. The van der Waals surface area contributed by atoms with E-state index in [1.54, 1.807) is 0 Å². The maximum Gasteiger partial charge on any atom is 0.229 e. The SMILES string of the molecule is O=C1[C]N=[C]S1. The molecule has 3 heteroatoms. The van der Waals surface area contributed by atoms with Gasteiger partial charge in [0.05, 0.1) is 0 Å². The van der Waals surface area contributed by atoms with E-state index in [9.17, 15) is 4.79 Å². The number of thioether (sulfide) groups is 1. The largest absolute Gasteiger partial charge is 0.284 e. The molecule has 0 amide bonds. The van der Waals surface area contributed by atoms with Crippen LogP contribution >= 0.6 is 11.8 Å². The summed E-state index contributed by atoms with van der Waals surface area (Å²) in [5, 5.41) is -0.157. The Balaban J connectivity index is 2.52. The number of hydrogen-bond donors (Lipinski definition) is 0. The van der Waals surface area contributed by atoms with Crippen LogP contribution in [0.25, 0.3) is 0 Å². The first-order valence-electron chi connectivity index (χ1n) is 1.31. The highest BCUT2D eigenvalue weighted by Gasteiger charge is 2.05. The highest BCUT2D eigenvalue weighted by molar-refractivity contribution is 8.25. The third-order valence-corrected chi connectivity index (χ3v) is 0.790. The standard InChI is InChI=1S/C3NOS/c5-3-1-4-2-6-3. The van der Waals surface area contributed by atoms with E-state index in [2.05, 4.69) is 17.1 Å². The van der Waals surface area contributed by atoms with Crippen molar-refractivity contribution in [3.8, 4) is 0 Å². The summed E-state index contributed by atoms with van der Waals surface area (Å²) in [4.78, 5) is 13.2. The molecule has 3 radical (unpaired) electrons. The van der Waals surface area contributed by atoms with Crippen LogP contribution in [0.2, 0.25) is 0 Å². The fourth-order valence-corrected chi connectivity index (χ4v) is 0.421. The molecule has 0 aromatic carbocycles. The lowest BCUT2D eigenvalue weighted by atomic mass is 10.8. The Kier molecular flexibility index (Phi) is 0.919. The van der Waals surface area contributed by atoms with Crippen molar-refractivity contribution >= 4 is 22.4 Å². The van der Waals surface area contributed by atoms with E-state index in [1.807, 2.05) is 0 Å². The molecule has 0 aromatic heterocycles. The first-order valence-corrected chi connectivity index (χ1v) is 2.13. The van der Waals surface area contributed by atoms with Crippen LogP contribution < -0.4 is 0 Å². The number of nitrogens with zero attached hydrogens (tertiary/aromatic N) is 1. The zero-order valence-corrected chi connectivity index (χ0v) is 3.58. The van der Waals surface area contributed by atoms with Gasteiger partial charge in [0.2, 0.25) is 11.7 Å². The van der Waals surface area contributed by atoms with Crippen molar-refractivity contribution in [2.75, 3.05) is 0 Å². The normalized spacial score (nSPS) is 19.7. The molecule has 1 heterocycles. The van der Waals surface area contributed by atoms with E-state index in [0.29, 0.717) is 0 Å². The molecule has 29 valence electrons. The lowest BCUT2D eigenvalue weighted by molar-refractivity contribution is -0.108. The summed E-state index contributed by atoms with van der Waals surface area (Å²) in [6.07, 6.45) is 0. The van der Waals surface area contributed by atoms with Gasteiger partial charge in [-0.2, -0.15) is 0 Å². The van der Waals surface area contributed by atoms with E-state index in [4.69, 9.17) is 0 Å². The summed E-state index contributed by atoms with van der Waals surface area (Å²) in [5.74, 6) is 0. The molecule has 0 saturated carbocycles. The average molecular weight is 98.1 g/mol. The zero-order chi connectivity index (χ0) is 4.41. The van der Waals surface area contributed by atoms with Crippen LogP contribution in [0.5, 0.6) is 0 Å². The van der Waals surface area contributed by atoms with Crippen LogP contribution in [-0.2, 0) is 4.79 Å². The smallest absolute Gasteiger partial charge is 0.229 e. The molecule has 1 aliphatic rings. The van der Waals surface area contributed by atoms with Crippen molar-refractivity contribution in [3.05, 3.63) is 6.54 Å². The fourth-order valence-electron chi connectivity index (χ4n) is 0.156. The molecule has 0 aliphatic carbocycles. The summed E-state index contributed by atoms with van der Waals surface area (Å²) in [6.45, 7) is 2.16. The van der Waals surface area contributed by atoms with Crippen LogP contribution in [0, 0.1) is 6.54 Å². The third-order valence-electron chi connectivity index (χ3n) is 0.331. The van der Waals surface area contributed by atoms with Gasteiger partial charge in [-0.25, -0.2) is 0 Å². The van der Waals surface area contributed by atoms with E-state index in [1.165, 1.54) is 0 Å². The van der Waals surface area contributed by atoms with Crippen LogP contribution in [0.3, 0.4) is 0 Å². The molecule has 0 fully saturated rings. The minimum atomic E-state index is -0.157. The topological polar surface area (TPSA) is 29.4 Å². The van der Waals surface area contributed by atoms with Crippen molar-refractivity contribution in [1.82, 2.24) is 0 Å². The molecule has 2 nitrogen and oxygen atoms in total. The van der Waals surface area contributed by atoms with Crippen LogP contribution in [-0.4, -0.2) is 10.7 Å². The summed E-state index contributed by atoms with van der Waals surface area (Å²) >= 11 is 0.931. The number of rotatable bonds is 0. The van der Waals surface area contributed by atoms with Gasteiger partial charge in [-0.15, -0.1) is 0 Å². The number of carbonyl (C=O) groups is 1. The molecule has 0 N–H and O–H groups in total. The van der Waals surface area contributed by atoms with Crippen molar-refractivity contribution in [3.63, 3.8) is 0 Å². The molecular weight excluding hydrogens is 98.1 g/mol. The second-order valence-corrected chi connectivity index (χ2v) is 1.46. The van der Waals surface area contributed by atoms with E-state index < -0.39 is 0 Å². The van der Waals surface area contributed by atoms with Gasteiger partial charge in [0, 0.05) is 0 Å². The second kappa shape index (κ2) is 1.43. The van der Waals surface area contributed by atoms with Gasteiger partial charge in [0.1, 0.15) is 5.55 Å². The highest BCUT2D eigenvalue weighted by atomic mass is 32.2. The number of hydrogen-bond acceptors (Lipinski definition) is 3. The van der Waals surface area contributed by atoms with E-state index >= 15 is 0 Å². The van der Waals surface area contributed by atoms with Crippen LogP contribution in [0.1, 0.15) is 0 Å². The third kappa shape index (κ3) is 0.597. The minimum Gasteiger partial charge on any atom is -0.284 e. The Labute approximate surface area is 39.6 Å². The molecular formula is C3NOS. The van der Waals surface area contributed by atoms with Gasteiger partial charge in [-0.1, -0.05) is 0 Å². The van der Waals surface area contributed by atoms with Gasteiger partial charge in [-0.3, -0.25) is 9.79 Å². The fraction of sp³-hybridized carbons (Fsp3) is 0. The molecule has 6 heavy (non-hydrogen) atoms. The van der Waals surface area contributed by atoms with Gasteiger partial charge in [0.15, 0.2) is 0 Å². The number of carbonyl (C=O) groups excluding carboxylic acids is 1. The maximum absolute atomic E-state index is 9.94. The highest BCUT2D eigenvalue weighted by Crippen LogP contribution is 2.07. The molecule has 0 atom stereocenters. The average Bonchev–Trinajstić information content (AvgIpc) is 1.86. The lowest BCUT2D eigenvalue weighted by Gasteiger charge is -1.66. The Morgan fingerprint density at radius 2 is 2.67 bits per heavy atom. The quantitative estimate of drug-likeness (QED) is 0.433. The van der Waals surface area contributed by atoms with Crippen LogP contribution in [0.4, 0.5) is 0 Å². The van der Waals surface area contributed by atoms with Gasteiger partial charge in [0.25, 0.3) is 0 Å². The predicted molar refractivity (Wildman–Crippen MR) is 23.3 cm³/mol. The summed E-state index contributed by atoms with van der Waals surface area (Å²) in [5.41, 5.74) is 2.35. The monoisotopic (exact) mass is 98.0 g/mol.